The number of benzene rings is 1. The van der Waals surface area contributed by atoms with Crippen LogP contribution >= 0.6 is 0 Å². The van der Waals surface area contributed by atoms with Crippen LogP contribution in [0.4, 0.5) is 0 Å². The van der Waals surface area contributed by atoms with Crippen molar-refractivity contribution < 1.29 is 24.6 Å². The zero-order chi connectivity index (χ0) is 23.9. The summed E-state index contributed by atoms with van der Waals surface area (Å²) in [7, 11) is 0. The third kappa shape index (κ3) is 3.11. The van der Waals surface area contributed by atoms with E-state index >= 15 is 0 Å². The molecule has 3 atom stereocenters. The molecule has 4 heterocycles. The van der Waals surface area contributed by atoms with Crippen LogP contribution in [0.3, 0.4) is 0 Å². The van der Waals surface area contributed by atoms with E-state index in [-0.39, 0.29) is 17.9 Å². The molecule has 5 rings (SSSR count). The van der Waals surface area contributed by atoms with Crippen LogP contribution in [0, 0.1) is 0 Å². The fourth-order valence-electron chi connectivity index (χ4n) is 4.92. The first-order valence-corrected chi connectivity index (χ1v) is 10.7. The van der Waals surface area contributed by atoms with Crippen molar-refractivity contribution in [2.24, 2.45) is 0 Å². The second-order valence-corrected chi connectivity index (χ2v) is 9.62. The van der Waals surface area contributed by atoms with E-state index in [1.807, 2.05) is 27.7 Å². The molecule has 0 aliphatic carbocycles. The lowest BCUT2D eigenvalue weighted by Crippen LogP contribution is -2.41. The number of hydroxylamine groups is 2. The van der Waals surface area contributed by atoms with E-state index in [1.54, 1.807) is 12.1 Å². The molecule has 3 aromatic rings. The molecule has 1 fully saturated rings. The van der Waals surface area contributed by atoms with Gasteiger partial charge in [0, 0.05) is 12.6 Å². The van der Waals surface area contributed by atoms with E-state index in [0.717, 1.165) is 20.8 Å². The van der Waals surface area contributed by atoms with Crippen LogP contribution in [-0.4, -0.2) is 48.6 Å². The average molecular weight is 457 g/mol. The summed E-state index contributed by atoms with van der Waals surface area (Å²) in [5, 5.41) is 33.2. The monoisotopic (exact) mass is 457 g/mol. The Hall–Kier alpha value is -2.83. The molecule has 33 heavy (non-hydrogen) atoms. The number of aromatic amines is 1. The minimum absolute atomic E-state index is 0.00974. The van der Waals surface area contributed by atoms with Gasteiger partial charge in [0.1, 0.15) is 23.4 Å². The summed E-state index contributed by atoms with van der Waals surface area (Å²) in [6, 6.07) is 3.57. The zero-order valence-corrected chi connectivity index (χ0v) is 18.7. The number of nitrogens with one attached hydrogen (secondary N) is 1. The summed E-state index contributed by atoms with van der Waals surface area (Å²) in [6.07, 6.45) is -1.27. The van der Waals surface area contributed by atoms with Crippen LogP contribution in [0.1, 0.15) is 51.5 Å². The number of aromatic nitrogens is 3. The number of hydrogen-bond acceptors (Lipinski definition) is 8. The number of ether oxygens (including phenoxy) is 1. The van der Waals surface area contributed by atoms with E-state index in [1.165, 1.54) is 6.20 Å². The Balaban J connectivity index is 1.61. The SMILES string of the molecule is CC1(C)c2cc3nc(-c4cn([C@H]5C[C@H](O)[C@@H](CO)O5)c(=O)[nH]c4=O)oc3cc2C(C)(C)N1[O]. The third-order valence-electron chi connectivity index (χ3n) is 6.75. The summed E-state index contributed by atoms with van der Waals surface area (Å²) >= 11 is 0. The van der Waals surface area contributed by atoms with E-state index in [2.05, 4.69) is 9.97 Å². The van der Waals surface area contributed by atoms with Crippen LogP contribution in [-0.2, 0) is 21.0 Å². The number of nitrogens with zero attached hydrogens (tertiary/aromatic N) is 3. The Labute approximate surface area is 187 Å². The second-order valence-electron chi connectivity index (χ2n) is 9.62. The fourth-order valence-corrected chi connectivity index (χ4v) is 4.92. The van der Waals surface area contributed by atoms with Gasteiger partial charge >= 0.3 is 5.69 Å². The van der Waals surface area contributed by atoms with E-state index in [0.29, 0.717) is 11.1 Å². The highest BCUT2D eigenvalue weighted by Gasteiger charge is 2.50. The summed E-state index contributed by atoms with van der Waals surface area (Å²) < 4.78 is 12.6. The third-order valence-corrected chi connectivity index (χ3v) is 6.75. The molecule has 2 aliphatic rings. The highest BCUT2D eigenvalue weighted by atomic mass is 16.5. The van der Waals surface area contributed by atoms with Gasteiger partial charge in [-0.15, -0.1) is 10.3 Å². The van der Waals surface area contributed by atoms with Crippen LogP contribution in [0.2, 0.25) is 0 Å². The largest absolute Gasteiger partial charge is 0.436 e. The maximum absolute atomic E-state index is 12.8. The van der Waals surface area contributed by atoms with E-state index < -0.39 is 47.4 Å². The first kappa shape index (κ1) is 22.0. The van der Waals surface area contributed by atoms with Gasteiger partial charge in [-0.2, -0.15) is 0 Å². The van der Waals surface area contributed by atoms with Gasteiger partial charge in [-0.25, -0.2) is 9.78 Å². The average Bonchev–Trinajstić information content (AvgIpc) is 3.37. The van der Waals surface area contributed by atoms with E-state index in [9.17, 15) is 25.0 Å². The number of oxazole rings is 1. The van der Waals surface area contributed by atoms with Crippen molar-refractivity contribution in [1.82, 2.24) is 19.6 Å². The van der Waals surface area contributed by atoms with Crippen LogP contribution in [0.25, 0.3) is 22.6 Å². The van der Waals surface area contributed by atoms with E-state index in [4.69, 9.17) is 9.15 Å². The lowest BCUT2D eigenvalue weighted by Gasteiger charge is -2.32. The molecular formula is C22H25N4O7. The Morgan fingerprint density at radius 2 is 1.85 bits per heavy atom. The quantitative estimate of drug-likeness (QED) is 0.529. The number of rotatable bonds is 3. The number of H-pyrrole nitrogens is 1. The van der Waals surface area contributed by atoms with Crippen molar-refractivity contribution in [3.05, 3.63) is 50.3 Å². The zero-order valence-electron chi connectivity index (χ0n) is 18.7. The van der Waals surface area contributed by atoms with Gasteiger partial charge in [0.05, 0.1) is 23.8 Å². The summed E-state index contributed by atoms with van der Waals surface area (Å²) in [6.45, 7) is 6.97. The Kier molecular flexibility index (Phi) is 4.72. The number of fused-ring (bicyclic) bond motifs is 2. The van der Waals surface area contributed by atoms with Crippen molar-refractivity contribution in [2.75, 3.05) is 6.61 Å². The van der Waals surface area contributed by atoms with Gasteiger partial charge in [0.2, 0.25) is 5.89 Å². The standard InChI is InChI=1S/C22H25N4O7/c1-21(2)11-5-13-15(6-12(11)22(3,4)26(21)31)33-19(23-13)10-8-25(20(30)24-18(10)29)17-7-14(28)16(9-27)32-17/h5-6,8,14,16-17,27-28H,7,9H2,1-4H3,(H,24,29,30)/t14-,16+,17+/m0/s1. The maximum atomic E-state index is 12.8. The molecule has 175 valence electrons. The molecule has 1 saturated heterocycles. The topological polar surface area (TPSA) is 154 Å². The van der Waals surface area contributed by atoms with Gasteiger partial charge in [-0.1, -0.05) is 0 Å². The lowest BCUT2D eigenvalue weighted by atomic mass is 9.90. The summed E-state index contributed by atoms with van der Waals surface area (Å²) in [5.41, 5.74) is -0.374. The fraction of sp³-hybridized carbons (Fsp3) is 0.500. The van der Waals surface area contributed by atoms with Crippen LogP contribution in [0.5, 0.6) is 0 Å². The Morgan fingerprint density at radius 1 is 1.18 bits per heavy atom. The summed E-state index contributed by atoms with van der Waals surface area (Å²) in [4.78, 5) is 31.6. The molecule has 1 aromatic carbocycles. The molecule has 0 unspecified atom stereocenters. The normalized spacial score (nSPS) is 26.2. The maximum Gasteiger partial charge on any atom is 0.330 e. The predicted molar refractivity (Wildman–Crippen MR) is 115 cm³/mol. The Bertz CT molecular complexity index is 1320. The number of aliphatic hydroxyl groups excluding tert-OH is 2. The van der Waals surface area contributed by atoms with Crippen LogP contribution < -0.4 is 11.2 Å². The van der Waals surface area contributed by atoms with Gasteiger partial charge in [0.25, 0.3) is 5.56 Å². The molecular weight excluding hydrogens is 432 g/mol. The number of aliphatic hydroxyl groups is 2. The molecule has 0 spiro atoms. The molecule has 1 radical (unpaired) electrons. The first-order valence-electron chi connectivity index (χ1n) is 10.7. The predicted octanol–water partition coefficient (Wildman–Crippen LogP) is 1.12. The molecule has 11 heteroatoms. The minimum atomic E-state index is -0.943. The van der Waals surface area contributed by atoms with Crippen molar-refractivity contribution in [2.45, 2.75) is 63.6 Å². The van der Waals surface area contributed by atoms with Crippen molar-refractivity contribution in [3.8, 4) is 11.5 Å². The van der Waals surface area contributed by atoms with Gasteiger partial charge in [-0.3, -0.25) is 14.3 Å². The van der Waals surface area contributed by atoms with Crippen LogP contribution in [0.15, 0.2) is 32.3 Å². The molecule has 0 saturated carbocycles. The lowest BCUT2D eigenvalue weighted by molar-refractivity contribution is -0.266. The van der Waals surface area contributed by atoms with Gasteiger partial charge in [-0.05, 0) is 51.0 Å². The highest BCUT2D eigenvalue weighted by molar-refractivity contribution is 5.79. The van der Waals surface area contributed by atoms with Crippen molar-refractivity contribution in [1.29, 1.82) is 0 Å². The molecule has 0 amide bonds. The smallest absolute Gasteiger partial charge is 0.330 e. The number of hydrogen-bond donors (Lipinski definition) is 3. The van der Waals surface area contributed by atoms with Crippen molar-refractivity contribution in [3.63, 3.8) is 0 Å². The van der Waals surface area contributed by atoms with Crippen molar-refractivity contribution >= 4 is 11.1 Å². The summed E-state index contributed by atoms with van der Waals surface area (Å²) in [5.74, 6) is 0.00974. The Morgan fingerprint density at radius 3 is 2.48 bits per heavy atom. The molecule has 3 N–H and O–H groups in total. The molecule has 2 aliphatic heterocycles. The highest BCUT2D eigenvalue weighted by Crippen LogP contribution is 2.49. The molecule has 0 bridgehead atoms. The molecule has 2 aromatic heterocycles. The second kappa shape index (κ2) is 7.08. The molecule has 11 nitrogen and oxygen atoms in total. The first-order chi connectivity index (χ1) is 15.4. The minimum Gasteiger partial charge on any atom is -0.436 e. The van der Waals surface area contributed by atoms with Gasteiger partial charge < -0.3 is 19.4 Å². The van der Waals surface area contributed by atoms with Gasteiger partial charge in [0.15, 0.2) is 5.58 Å².